The van der Waals surface area contributed by atoms with E-state index in [-0.39, 0.29) is 53.7 Å². The first-order valence-corrected chi connectivity index (χ1v) is 27.1. The van der Waals surface area contributed by atoms with Gasteiger partial charge in [0.1, 0.15) is 17.6 Å². The number of rotatable bonds is 32. The van der Waals surface area contributed by atoms with Crippen molar-refractivity contribution < 1.29 is 78.9 Å². The molecule has 26 heteroatoms. The van der Waals surface area contributed by atoms with Crippen LogP contribution in [-0.2, 0) is 63.3 Å². The normalized spacial score (nSPS) is 16.0. The monoisotopic (exact) mass is 1050 g/mol. The molecule has 4 rings (SSSR count). The number of nitrogens with zero attached hydrogens (tertiary/aromatic N) is 1. The van der Waals surface area contributed by atoms with Crippen molar-refractivity contribution in [3.8, 4) is 11.5 Å². The number of carbonyl (C=O) groups is 2. The van der Waals surface area contributed by atoms with Crippen molar-refractivity contribution in [1.29, 1.82) is 0 Å². The van der Waals surface area contributed by atoms with Gasteiger partial charge in [0.15, 0.2) is 6.23 Å². The van der Waals surface area contributed by atoms with Crippen LogP contribution in [0, 0.1) is 6.92 Å². The highest BCUT2D eigenvalue weighted by molar-refractivity contribution is 7.67. The number of phosphoric ester groups is 2. The van der Waals surface area contributed by atoms with Gasteiger partial charge in [0.2, 0.25) is 0 Å². The third kappa shape index (κ3) is 23.7. The van der Waals surface area contributed by atoms with Crippen molar-refractivity contribution >= 4 is 35.8 Å². The second kappa shape index (κ2) is 31.9. The summed E-state index contributed by atoms with van der Waals surface area (Å²) in [6.07, 6.45) is 14.8. The van der Waals surface area contributed by atoms with Crippen molar-refractivity contribution in [3.63, 3.8) is 0 Å². The molecule has 0 amide bonds. The highest BCUT2D eigenvalue weighted by atomic mass is 31.3. The van der Waals surface area contributed by atoms with Crippen LogP contribution < -0.4 is 33.0 Å². The van der Waals surface area contributed by atoms with Gasteiger partial charge < -0.3 is 45.8 Å². The maximum atomic E-state index is 14.0. The summed E-state index contributed by atoms with van der Waals surface area (Å²) in [6.45, 7) is 4.24. The fourth-order valence-electron chi connectivity index (χ4n) is 6.36. The zero-order chi connectivity index (χ0) is 49.4. The Balaban J connectivity index is 0.00000840. The molecule has 2 unspecified atom stereocenters. The molecule has 9 N–H and O–H groups in total. The molecule has 1 aromatic heterocycles. The summed E-state index contributed by atoms with van der Waals surface area (Å²) in [4.78, 5) is 71.5. The molecule has 2 aromatic carbocycles. The van der Waals surface area contributed by atoms with Gasteiger partial charge in [-0.25, -0.2) is 28.1 Å². The lowest BCUT2D eigenvalue weighted by Gasteiger charge is -2.22. The number of carbonyl (C=O) groups excluding carboxylic acids is 2. The zero-order valence-corrected chi connectivity index (χ0v) is 42.7. The number of benzene rings is 2. The molecule has 1 aliphatic rings. The molecular weight excluding hydrogens is 981 g/mol. The molecule has 70 heavy (non-hydrogen) atoms. The molecule has 0 fully saturated rings. The Morgan fingerprint density at radius 3 is 1.57 bits per heavy atom. The molecule has 0 spiro atoms. The van der Waals surface area contributed by atoms with Crippen LogP contribution in [0.1, 0.15) is 127 Å². The molecule has 0 saturated carbocycles. The lowest BCUT2D eigenvalue weighted by molar-refractivity contribution is -0.0105. The van der Waals surface area contributed by atoms with Gasteiger partial charge in [-0.3, -0.25) is 27.9 Å². The minimum absolute atomic E-state index is 0. The third-order valence-corrected chi connectivity index (χ3v) is 14.6. The van der Waals surface area contributed by atoms with E-state index in [1.54, 1.807) is 0 Å². The number of hydrogen-bond donors (Lipinski definition) is 5. The van der Waals surface area contributed by atoms with Crippen LogP contribution in [0.15, 0.2) is 76.5 Å². The van der Waals surface area contributed by atoms with Crippen molar-refractivity contribution in [2.75, 3.05) is 19.8 Å². The minimum atomic E-state index is -5.84. The van der Waals surface area contributed by atoms with Crippen LogP contribution in [0.4, 0.5) is 9.59 Å². The fraction of sp³-hybridized carbons (Fsp3) is 0.545. The summed E-state index contributed by atoms with van der Waals surface area (Å²) in [5.74, 6) is 0.230. The maximum absolute atomic E-state index is 14.0. The number of H-pyrrole nitrogens is 1. The Hall–Kier alpha value is -4.31. The van der Waals surface area contributed by atoms with Crippen molar-refractivity contribution in [2.24, 2.45) is 0 Å². The SMILES string of the molecule is CCCCCCCCCOC(=O)Oc1ccc(COP(=O)(OCc2ccc(OC(=O)OCCCCCCCCC)cc2)OP(=O)(O)OP(=O)(O)OC[C@@H]2C=C[C@H](n3cc(C)c(=O)[nH]c3=O)O2)cc1.N.N. The molecule has 0 aliphatic carbocycles. The van der Waals surface area contributed by atoms with E-state index in [0.717, 1.165) is 55.9 Å². The van der Waals surface area contributed by atoms with Crippen LogP contribution in [0.25, 0.3) is 0 Å². The van der Waals surface area contributed by atoms with Gasteiger partial charge in [0.05, 0.1) is 33.0 Å². The highest BCUT2D eigenvalue weighted by Gasteiger charge is 2.44. The molecule has 2 heterocycles. The van der Waals surface area contributed by atoms with Crippen molar-refractivity contribution in [1.82, 2.24) is 21.9 Å². The largest absolute Gasteiger partial charge is 0.513 e. The van der Waals surface area contributed by atoms with Gasteiger partial charge in [0.25, 0.3) is 5.56 Å². The van der Waals surface area contributed by atoms with Crippen LogP contribution in [-0.4, -0.2) is 57.6 Å². The summed E-state index contributed by atoms with van der Waals surface area (Å²) >= 11 is 0. The first kappa shape index (κ1) is 61.8. The van der Waals surface area contributed by atoms with Gasteiger partial charge in [-0.1, -0.05) is 121 Å². The zero-order valence-electron chi connectivity index (χ0n) is 40.0. The number of aromatic amines is 1. The van der Waals surface area contributed by atoms with Gasteiger partial charge in [-0.05, 0) is 61.2 Å². The van der Waals surface area contributed by atoms with E-state index >= 15 is 0 Å². The lowest BCUT2D eigenvalue weighted by Crippen LogP contribution is -2.33. The first-order valence-electron chi connectivity index (χ1n) is 22.6. The molecule has 0 saturated heterocycles. The summed E-state index contributed by atoms with van der Waals surface area (Å²) < 4.78 is 92.2. The summed E-state index contributed by atoms with van der Waals surface area (Å²) in [5.41, 5.74) is -0.592. The Morgan fingerprint density at radius 1 is 0.643 bits per heavy atom. The summed E-state index contributed by atoms with van der Waals surface area (Å²) in [7, 11) is -16.5. The van der Waals surface area contributed by atoms with Gasteiger partial charge >= 0.3 is 41.5 Å². The number of nitrogens with one attached hydrogen (secondary N) is 1. The quantitative estimate of drug-likeness (QED) is 0.0127. The number of aromatic nitrogens is 2. The smallest absolute Gasteiger partial charge is 0.434 e. The average molecular weight is 1050 g/mol. The van der Waals surface area contributed by atoms with Gasteiger partial charge in [-0.15, -0.1) is 0 Å². The van der Waals surface area contributed by atoms with E-state index in [0.29, 0.717) is 12.8 Å². The number of phosphoric acid groups is 3. The number of ether oxygens (including phenoxy) is 5. The molecular formula is C44H69N4O19P3. The Kier molecular flexibility index (Phi) is 28.2. The number of hydrogen-bond acceptors (Lipinski definition) is 19. The topological polar surface area (TPSA) is 343 Å². The highest BCUT2D eigenvalue weighted by Crippen LogP contribution is 2.69. The molecule has 0 bridgehead atoms. The van der Waals surface area contributed by atoms with Crippen LogP contribution in [0.3, 0.4) is 0 Å². The lowest BCUT2D eigenvalue weighted by atomic mass is 10.1. The van der Waals surface area contributed by atoms with Crippen LogP contribution >= 0.6 is 23.5 Å². The molecule has 1 aliphatic heterocycles. The molecule has 0 radical (unpaired) electrons. The van der Waals surface area contributed by atoms with E-state index in [4.69, 9.17) is 41.6 Å². The van der Waals surface area contributed by atoms with E-state index in [1.165, 1.54) is 99.5 Å². The predicted octanol–water partition coefficient (Wildman–Crippen LogP) is 10.9. The van der Waals surface area contributed by atoms with Crippen molar-refractivity contribution in [3.05, 3.63) is 104 Å². The van der Waals surface area contributed by atoms with E-state index in [9.17, 15) is 42.7 Å². The molecule has 4 atom stereocenters. The van der Waals surface area contributed by atoms with Crippen molar-refractivity contribution in [2.45, 2.75) is 136 Å². The van der Waals surface area contributed by atoms with Gasteiger partial charge in [0, 0.05) is 11.8 Å². The van der Waals surface area contributed by atoms with Gasteiger partial charge in [-0.2, -0.15) is 8.62 Å². The average Bonchev–Trinajstić information content (AvgIpc) is 3.77. The van der Waals surface area contributed by atoms with E-state index in [1.807, 2.05) is 0 Å². The molecule has 394 valence electrons. The second-order valence-corrected chi connectivity index (χ2v) is 20.6. The number of aryl methyl sites for hydroxylation is 1. The molecule has 3 aromatic rings. The fourth-order valence-corrected chi connectivity index (χ4v) is 10.4. The first-order chi connectivity index (χ1) is 32.5. The van der Waals surface area contributed by atoms with Crippen LogP contribution in [0.5, 0.6) is 11.5 Å². The number of unbranched alkanes of at least 4 members (excludes halogenated alkanes) is 12. The Labute approximate surface area is 407 Å². The maximum Gasteiger partial charge on any atom is 0.513 e. The Bertz CT molecular complexity index is 2240. The second-order valence-electron chi connectivity index (χ2n) is 15.8. The standard InChI is InChI=1S/C44H63N2O19P3.2H3N/c1-4-6-8-10-12-14-16-28-56-43(49)62-37-22-18-35(19-23-37)31-59-68(55,60-32-36-20-24-38(25-21-36)63-44(50)57-29-17-15-13-11-9-7-5-2)65-67(53,54)64-66(51,52)58-33-39-26-27-40(61-39)46-30-34(3)41(47)45-42(46)48;;/h18-27,30,39-40H,4-17,28-29,31-33H2,1-3H3,(H,51,52)(H,53,54)(H,45,47,48);2*1H3/t39-,40+;;/m0../s1. The Morgan fingerprint density at radius 2 is 1.10 bits per heavy atom. The third-order valence-electron chi connectivity index (χ3n) is 10.00. The predicted molar refractivity (Wildman–Crippen MR) is 257 cm³/mol. The summed E-state index contributed by atoms with van der Waals surface area (Å²) in [5, 5.41) is 0. The van der Waals surface area contributed by atoms with E-state index < -0.39 is 79.2 Å². The summed E-state index contributed by atoms with van der Waals surface area (Å²) in [6, 6.07) is 11.2. The van der Waals surface area contributed by atoms with E-state index in [2.05, 4.69) is 23.1 Å². The van der Waals surface area contributed by atoms with Crippen LogP contribution in [0.2, 0.25) is 0 Å². The minimum Gasteiger partial charge on any atom is -0.434 e. The molecule has 23 nitrogen and oxygen atoms in total.